The van der Waals surface area contributed by atoms with Crippen LogP contribution in [0, 0.1) is 11.3 Å². The average molecular weight is 270 g/mol. The molecule has 0 radical (unpaired) electrons. The van der Waals surface area contributed by atoms with Gasteiger partial charge < -0.3 is 20.1 Å². The third-order valence-corrected chi connectivity index (χ3v) is 4.81. The van der Waals surface area contributed by atoms with Gasteiger partial charge in [0.1, 0.15) is 0 Å². The number of likely N-dealkylation sites (tertiary alicyclic amines) is 1. The molecule has 0 spiro atoms. The zero-order valence-corrected chi connectivity index (χ0v) is 12.5. The highest BCUT2D eigenvalue weighted by atomic mass is 16.5. The van der Waals surface area contributed by atoms with Crippen molar-refractivity contribution in [2.24, 2.45) is 11.3 Å². The SMILES string of the molecule is CCNCC1(CN2CCC(C(C)O)CC2)CCOC1. The Labute approximate surface area is 117 Å². The van der Waals surface area contributed by atoms with E-state index in [0.29, 0.717) is 11.3 Å². The third kappa shape index (κ3) is 4.15. The number of hydrogen-bond donors (Lipinski definition) is 2. The van der Waals surface area contributed by atoms with Crippen LogP contribution in [0.3, 0.4) is 0 Å². The minimum atomic E-state index is -0.146. The zero-order valence-electron chi connectivity index (χ0n) is 12.5. The molecule has 2 atom stereocenters. The van der Waals surface area contributed by atoms with E-state index in [1.54, 1.807) is 0 Å². The second-order valence-electron chi connectivity index (χ2n) is 6.44. The summed E-state index contributed by atoms with van der Waals surface area (Å²) < 4.78 is 5.65. The van der Waals surface area contributed by atoms with Crippen molar-refractivity contribution in [1.82, 2.24) is 10.2 Å². The molecule has 2 aliphatic heterocycles. The molecule has 2 rings (SSSR count). The van der Waals surface area contributed by atoms with Gasteiger partial charge in [0.25, 0.3) is 0 Å². The van der Waals surface area contributed by atoms with Crippen molar-refractivity contribution in [3.63, 3.8) is 0 Å². The molecule has 0 aliphatic carbocycles. The summed E-state index contributed by atoms with van der Waals surface area (Å²) in [5.41, 5.74) is 0.313. The van der Waals surface area contributed by atoms with E-state index in [1.165, 1.54) is 6.42 Å². The molecule has 19 heavy (non-hydrogen) atoms. The van der Waals surface area contributed by atoms with Crippen molar-refractivity contribution in [1.29, 1.82) is 0 Å². The highest BCUT2D eigenvalue weighted by Crippen LogP contribution is 2.31. The third-order valence-electron chi connectivity index (χ3n) is 4.81. The van der Waals surface area contributed by atoms with Crippen LogP contribution in [0.4, 0.5) is 0 Å². The van der Waals surface area contributed by atoms with Gasteiger partial charge in [-0.25, -0.2) is 0 Å². The number of aliphatic hydroxyl groups excluding tert-OH is 1. The molecule has 0 aromatic rings. The monoisotopic (exact) mass is 270 g/mol. The number of rotatable bonds is 6. The lowest BCUT2D eigenvalue weighted by Gasteiger charge is -2.39. The molecule has 2 unspecified atom stereocenters. The Morgan fingerprint density at radius 1 is 1.42 bits per heavy atom. The Hall–Kier alpha value is -0.160. The van der Waals surface area contributed by atoms with E-state index < -0.39 is 0 Å². The van der Waals surface area contributed by atoms with Gasteiger partial charge in [0, 0.05) is 25.1 Å². The van der Waals surface area contributed by atoms with Crippen LogP contribution in [0.5, 0.6) is 0 Å². The van der Waals surface area contributed by atoms with E-state index in [9.17, 15) is 5.11 Å². The molecule has 0 bridgehead atoms. The van der Waals surface area contributed by atoms with E-state index in [-0.39, 0.29) is 6.10 Å². The number of piperidine rings is 1. The van der Waals surface area contributed by atoms with Gasteiger partial charge in [0.15, 0.2) is 0 Å². The number of nitrogens with one attached hydrogen (secondary N) is 1. The molecule has 2 saturated heterocycles. The molecule has 0 saturated carbocycles. The van der Waals surface area contributed by atoms with E-state index in [2.05, 4.69) is 17.1 Å². The van der Waals surface area contributed by atoms with Crippen LogP contribution in [0.15, 0.2) is 0 Å². The van der Waals surface area contributed by atoms with Crippen molar-refractivity contribution < 1.29 is 9.84 Å². The summed E-state index contributed by atoms with van der Waals surface area (Å²) in [6.07, 6.45) is 3.30. The fourth-order valence-electron chi connectivity index (χ4n) is 3.43. The van der Waals surface area contributed by atoms with Crippen LogP contribution in [-0.2, 0) is 4.74 Å². The van der Waals surface area contributed by atoms with Crippen molar-refractivity contribution in [3.8, 4) is 0 Å². The minimum absolute atomic E-state index is 0.146. The van der Waals surface area contributed by atoms with Gasteiger partial charge >= 0.3 is 0 Å². The highest BCUT2D eigenvalue weighted by Gasteiger charge is 2.37. The van der Waals surface area contributed by atoms with Crippen LogP contribution in [0.25, 0.3) is 0 Å². The standard InChI is InChI=1S/C15H30N2O2/c1-3-16-10-15(6-9-19-12-15)11-17-7-4-14(5-8-17)13(2)18/h13-14,16,18H,3-12H2,1-2H3. The quantitative estimate of drug-likeness (QED) is 0.758. The van der Waals surface area contributed by atoms with Gasteiger partial charge in [0.2, 0.25) is 0 Å². The first-order valence-corrected chi connectivity index (χ1v) is 7.84. The molecule has 0 aromatic heterocycles. The Morgan fingerprint density at radius 2 is 2.16 bits per heavy atom. The Bertz CT molecular complexity index is 257. The maximum atomic E-state index is 9.67. The van der Waals surface area contributed by atoms with Gasteiger partial charge in [-0.05, 0) is 51.7 Å². The molecule has 2 aliphatic rings. The summed E-state index contributed by atoms with van der Waals surface area (Å²) in [6.45, 7) is 11.4. The summed E-state index contributed by atoms with van der Waals surface area (Å²) in [5.74, 6) is 0.501. The number of nitrogens with zero attached hydrogens (tertiary/aromatic N) is 1. The predicted molar refractivity (Wildman–Crippen MR) is 77.3 cm³/mol. The van der Waals surface area contributed by atoms with Gasteiger partial charge in [-0.15, -0.1) is 0 Å². The summed E-state index contributed by atoms with van der Waals surface area (Å²) in [7, 11) is 0. The average Bonchev–Trinajstić information content (AvgIpc) is 2.86. The largest absolute Gasteiger partial charge is 0.393 e. The molecule has 4 nitrogen and oxygen atoms in total. The van der Waals surface area contributed by atoms with E-state index >= 15 is 0 Å². The van der Waals surface area contributed by atoms with Crippen LogP contribution in [-0.4, -0.2) is 62.0 Å². The van der Waals surface area contributed by atoms with Crippen LogP contribution in [0.1, 0.15) is 33.1 Å². The topological polar surface area (TPSA) is 44.7 Å². The molecule has 0 amide bonds. The van der Waals surface area contributed by atoms with Crippen molar-refractivity contribution >= 4 is 0 Å². The number of hydrogen-bond acceptors (Lipinski definition) is 4. The van der Waals surface area contributed by atoms with Gasteiger partial charge in [-0.1, -0.05) is 6.92 Å². The summed E-state index contributed by atoms with van der Waals surface area (Å²) in [4.78, 5) is 2.57. The Morgan fingerprint density at radius 3 is 2.68 bits per heavy atom. The molecule has 2 N–H and O–H groups in total. The minimum Gasteiger partial charge on any atom is -0.393 e. The molecule has 2 heterocycles. The molecular formula is C15H30N2O2. The molecule has 4 heteroatoms. The normalized spacial score (nSPS) is 31.7. The Balaban J connectivity index is 1.82. The van der Waals surface area contributed by atoms with Crippen LogP contribution in [0.2, 0.25) is 0 Å². The second-order valence-corrected chi connectivity index (χ2v) is 6.44. The molecular weight excluding hydrogens is 240 g/mol. The lowest BCUT2D eigenvalue weighted by molar-refractivity contribution is 0.0477. The van der Waals surface area contributed by atoms with E-state index in [1.807, 2.05) is 6.92 Å². The van der Waals surface area contributed by atoms with Crippen LogP contribution >= 0.6 is 0 Å². The fraction of sp³-hybridized carbons (Fsp3) is 1.00. The van der Waals surface area contributed by atoms with E-state index in [4.69, 9.17) is 4.74 Å². The van der Waals surface area contributed by atoms with E-state index in [0.717, 1.165) is 58.8 Å². The maximum absolute atomic E-state index is 9.67. The highest BCUT2D eigenvalue weighted by molar-refractivity contribution is 4.90. The Kier molecular flexibility index (Phi) is 5.63. The summed E-state index contributed by atoms with van der Waals surface area (Å²) >= 11 is 0. The van der Waals surface area contributed by atoms with Crippen molar-refractivity contribution in [3.05, 3.63) is 0 Å². The second kappa shape index (κ2) is 7.02. The summed E-state index contributed by atoms with van der Waals surface area (Å²) in [6, 6.07) is 0. The molecule has 112 valence electrons. The summed E-state index contributed by atoms with van der Waals surface area (Å²) in [5, 5.41) is 13.2. The van der Waals surface area contributed by atoms with Crippen molar-refractivity contribution in [2.45, 2.75) is 39.2 Å². The fourth-order valence-corrected chi connectivity index (χ4v) is 3.43. The maximum Gasteiger partial charge on any atom is 0.0547 e. The van der Waals surface area contributed by atoms with Gasteiger partial charge in [-0.2, -0.15) is 0 Å². The lowest BCUT2D eigenvalue weighted by Crippen LogP contribution is -2.47. The zero-order chi connectivity index (χ0) is 13.7. The number of ether oxygens (including phenoxy) is 1. The van der Waals surface area contributed by atoms with Gasteiger partial charge in [-0.3, -0.25) is 0 Å². The molecule has 2 fully saturated rings. The molecule has 0 aromatic carbocycles. The number of aliphatic hydroxyl groups is 1. The first-order valence-electron chi connectivity index (χ1n) is 7.84. The first-order chi connectivity index (χ1) is 9.15. The van der Waals surface area contributed by atoms with Gasteiger partial charge in [0.05, 0.1) is 12.7 Å². The van der Waals surface area contributed by atoms with Crippen LogP contribution < -0.4 is 5.32 Å². The van der Waals surface area contributed by atoms with Crippen molar-refractivity contribution in [2.75, 3.05) is 45.9 Å². The smallest absolute Gasteiger partial charge is 0.0547 e. The first kappa shape index (κ1) is 15.2. The predicted octanol–water partition coefficient (Wildman–Crippen LogP) is 1.10. The lowest BCUT2D eigenvalue weighted by atomic mass is 9.84.